The van der Waals surface area contributed by atoms with Gasteiger partial charge >= 0.3 is 0 Å². The fraction of sp³-hybridized carbons (Fsp3) is 0.231. The molecule has 1 aromatic carbocycles. The molecule has 0 fully saturated rings. The van der Waals surface area contributed by atoms with Gasteiger partial charge in [-0.2, -0.15) is 0 Å². The maximum absolute atomic E-state index is 6.19. The van der Waals surface area contributed by atoms with E-state index >= 15 is 0 Å². The van der Waals surface area contributed by atoms with Gasteiger partial charge in [0.25, 0.3) is 0 Å². The third kappa shape index (κ3) is 2.25. The smallest absolute Gasteiger partial charge is 0.115 e. The standard InChI is InChI=1S/C13H15N3/c1-10(11-5-3-2-4-6-11)13(14)12-7-15-9-16-8-12/h2-10,13H,14H2,1H3. The van der Waals surface area contributed by atoms with Crippen LogP contribution in [0.2, 0.25) is 0 Å². The van der Waals surface area contributed by atoms with Crippen LogP contribution in [-0.4, -0.2) is 9.97 Å². The molecule has 0 aliphatic heterocycles. The summed E-state index contributed by atoms with van der Waals surface area (Å²) in [6.45, 7) is 2.12. The molecule has 3 heteroatoms. The van der Waals surface area contributed by atoms with Crippen molar-refractivity contribution >= 4 is 0 Å². The van der Waals surface area contributed by atoms with E-state index in [1.165, 1.54) is 11.9 Å². The minimum Gasteiger partial charge on any atom is -0.323 e. The molecular formula is C13H15N3. The highest BCUT2D eigenvalue weighted by Crippen LogP contribution is 2.27. The summed E-state index contributed by atoms with van der Waals surface area (Å²) in [5.74, 6) is 0.257. The van der Waals surface area contributed by atoms with Crippen molar-refractivity contribution in [2.45, 2.75) is 18.9 Å². The molecule has 2 aromatic rings. The number of aromatic nitrogens is 2. The highest BCUT2D eigenvalue weighted by atomic mass is 14.8. The molecule has 0 saturated heterocycles. The first-order valence-corrected chi connectivity index (χ1v) is 5.34. The molecule has 0 bridgehead atoms. The van der Waals surface area contributed by atoms with Crippen molar-refractivity contribution in [3.05, 3.63) is 60.2 Å². The Morgan fingerprint density at radius 1 is 1.00 bits per heavy atom. The number of benzene rings is 1. The number of hydrogen-bond donors (Lipinski definition) is 1. The minimum atomic E-state index is -0.0661. The molecular weight excluding hydrogens is 198 g/mol. The first-order chi connectivity index (χ1) is 7.79. The summed E-state index contributed by atoms with van der Waals surface area (Å²) in [4.78, 5) is 7.98. The van der Waals surface area contributed by atoms with E-state index in [9.17, 15) is 0 Å². The maximum Gasteiger partial charge on any atom is 0.115 e. The van der Waals surface area contributed by atoms with E-state index in [1.807, 2.05) is 18.2 Å². The SMILES string of the molecule is CC(c1ccccc1)C(N)c1cncnc1. The van der Waals surface area contributed by atoms with Gasteiger partial charge in [0.2, 0.25) is 0 Å². The van der Waals surface area contributed by atoms with Crippen molar-refractivity contribution in [2.24, 2.45) is 5.73 Å². The Kier molecular flexibility index (Phi) is 3.27. The second kappa shape index (κ2) is 4.86. The fourth-order valence-corrected chi connectivity index (χ4v) is 1.74. The Labute approximate surface area is 95.4 Å². The molecule has 0 saturated carbocycles. The molecule has 0 spiro atoms. The van der Waals surface area contributed by atoms with E-state index in [4.69, 9.17) is 5.73 Å². The highest BCUT2D eigenvalue weighted by molar-refractivity contribution is 5.24. The van der Waals surface area contributed by atoms with E-state index in [0.717, 1.165) is 5.56 Å². The van der Waals surface area contributed by atoms with E-state index in [2.05, 4.69) is 29.0 Å². The van der Waals surface area contributed by atoms with Gasteiger partial charge in [0.05, 0.1) is 0 Å². The van der Waals surface area contributed by atoms with Gasteiger partial charge in [-0.15, -0.1) is 0 Å². The van der Waals surface area contributed by atoms with Crippen molar-refractivity contribution in [1.82, 2.24) is 9.97 Å². The van der Waals surface area contributed by atoms with Crippen LogP contribution in [0.3, 0.4) is 0 Å². The monoisotopic (exact) mass is 213 g/mol. The predicted molar refractivity (Wildman–Crippen MR) is 63.8 cm³/mol. The third-order valence-electron chi connectivity index (χ3n) is 2.83. The molecule has 2 N–H and O–H groups in total. The van der Waals surface area contributed by atoms with Crippen LogP contribution in [0.4, 0.5) is 0 Å². The van der Waals surface area contributed by atoms with Crippen LogP contribution in [0.25, 0.3) is 0 Å². The molecule has 0 amide bonds. The zero-order valence-electron chi connectivity index (χ0n) is 9.25. The van der Waals surface area contributed by atoms with Crippen molar-refractivity contribution < 1.29 is 0 Å². The van der Waals surface area contributed by atoms with Gasteiger partial charge in [0.15, 0.2) is 0 Å². The van der Waals surface area contributed by atoms with Crippen LogP contribution in [-0.2, 0) is 0 Å². The average molecular weight is 213 g/mol. The van der Waals surface area contributed by atoms with E-state index in [0.29, 0.717) is 0 Å². The molecule has 2 unspecified atom stereocenters. The highest BCUT2D eigenvalue weighted by Gasteiger charge is 2.16. The summed E-state index contributed by atoms with van der Waals surface area (Å²) in [5.41, 5.74) is 8.40. The molecule has 0 aliphatic rings. The van der Waals surface area contributed by atoms with Crippen molar-refractivity contribution in [2.75, 3.05) is 0 Å². The van der Waals surface area contributed by atoms with Crippen LogP contribution >= 0.6 is 0 Å². The summed E-state index contributed by atoms with van der Waals surface area (Å²) < 4.78 is 0. The lowest BCUT2D eigenvalue weighted by atomic mass is 9.90. The Balaban J connectivity index is 2.20. The Hall–Kier alpha value is -1.74. The summed E-state index contributed by atoms with van der Waals surface area (Å²) in [6.07, 6.45) is 5.07. The van der Waals surface area contributed by atoms with Crippen LogP contribution in [0, 0.1) is 0 Å². The normalized spacial score (nSPS) is 14.4. The zero-order valence-corrected chi connectivity index (χ0v) is 9.25. The lowest BCUT2D eigenvalue weighted by molar-refractivity contribution is 0.593. The van der Waals surface area contributed by atoms with Gasteiger partial charge in [-0.05, 0) is 5.56 Å². The average Bonchev–Trinajstić information content (AvgIpc) is 2.39. The first kappa shape index (κ1) is 10.8. The lowest BCUT2D eigenvalue weighted by Gasteiger charge is -2.19. The van der Waals surface area contributed by atoms with Gasteiger partial charge in [-0.25, -0.2) is 9.97 Å². The second-order valence-electron chi connectivity index (χ2n) is 3.90. The van der Waals surface area contributed by atoms with Gasteiger partial charge in [-0.3, -0.25) is 0 Å². The summed E-state index contributed by atoms with van der Waals surface area (Å²) in [6, 6.07) is 10.2. The van der Waals surface area contributed by atoms with E-state index in [-0.39, 0.29) is 12.0 Å². The number of rotatable bonds is 3. The van der Waals surface area contributed by atoms with Gasteiger partial charge in [0.1, 0.15) is 6.33 Å². The van der Waals surface area contributed by atoms with Gasteiger partial charge in [0, 0.05) is 29.9 Å². The molecule has 0 radical (unpaired) electrons. The zero-order chi connectivity index (χ0) is 11.4. The number of hydrogen-bond acceptors (Lipinski definition) is 3. The molecule has 82 valence electrons. The number of nitrogens with zero attached hydrogens (tertiary/aromatic N) is 2. The Morgan fingerprint density at radius 2 is 1.62 bits per heavy atom. The Morgan fingerprint density at radius 3 is 2.25 bits per heavy atom. The van der Waals surface area contributed by atoms with Crippen molar-refractivity contribution in [3.8, 4) is 0 Å². The molecule has 2 rings (SSSR count). The quantitative estimate of drug-likeness (QED) is 0.851. The molecule has 1 aromatic heterocycles. The third-order valence-corrected chi connectivity index (χ3v) is 2.83. The first-order valence-electron chi connectivity index (χ1n) is 5.34. The van der Waals surface area contributed by atoms with E-state index < -0.39 is 0 Å². The van der Waals surface area contributed by atoms with Gasteiger partial charge in [-0.1, -0.05) is 37.3 Å². The van der Waals surface area contributed by atoms with Crippen LogP contribution in [0.15, 0.2) is 49.1 Å². The van der Waals surface area contributed by atoms with Crippen LogP contribution < -0.4 is 5.73 Å². The van der Waals surface area contributed by atoms with Gasteiger partial charge < -0.3 is 5.73 Å². The molecule has 0 aliphatic carbocycles. The minimum absolute atomic E-state index is 0.0661. The number of nitrogens with two attached hydrogens (primary N) is 1. The van der Waals surface area contributed by atoms with Crippen LogP contribution in [0.5, 0.6) is 0 Å². The summed E-state index contributed by atoms with van der Waals surface area (Å²) in [5, 5.41) is 0. The predicted octanol–water partition coefficient (Wildman–Crippen LogP) is 2.28. The van der Waals surface area contributed by atoms with Crippen molar-refractivity contribution in [1.29, 1.82) is 0 Å². The van der Waals surface area contributed by atoms with E-state index in [1.54, 1.807) is 12.4 Å². The topological polar surface area (TPSA) is 51.8 Å². The lowest BCUT2D eigenvalue weighted by Crippen LogP contribution is -2.18. The molecule has 2 atom stereocenters. The fourth-order valence-electron chi connectivity index (χ4n) is 1.74. The molecule has 16 heavy (non-hydrogen) atoms. The summed E-state index contributed by atoms with van der Waals surface area (Å²) >= 11 is 0. The second-order valence-corrected chi connectivity index (χ2v) is 3.90. The largest absolute Gasteiger partial charge is 0.323 e. The Bertz CT molecular complexity index is 384. The van der Waals surface area contributed by atoms with Crippen molar-refractivity contribution in [3.63, 3.8) is 0 Å². The summed E-state index contributed by atoms with van der Waals surface area (Å²) in [7, 11) is 0. The van der Waals surface area contributed by atoms with Crippen LogP contribution in [0.1, 0.15) is 30.0 Å². The maximum atomic E-state index is 6.19. The molecule has 3 nitrogen and oxygen atoms in total. The molecule has 1 heterocycles.